The van der Waals surface area contributed by atoms with Gasteiger partial charge in [0.1, 0.15) is 0 Å². The van der Waals surface area contributed by atoms with E-state index in [2.05, 4.69) is 43.9 Å². The predicted octanol–water partition coefficient (Wildman–Crippen LogP) is 11.0. The van der Waals surface area contributed by atoms with Gasteiger partial charge in [0, 0.05) is 34.4 Å². The molecule has 0 radical (unpaired) electrons. The second-order valence-electron chi connectivity index (χ2n) is 17.7. The van der Waals surface area contributed by atoms with Crippen molar-refractivity contribution in [2.24, 2.45) is 0 Å². The van der Waals surface area contributed by atoms with E-state index in [-0.39, 0.29) is 44.4 Å². The molecular formula is C58H38N8O2Zn2. The van der Waals surface area contributed by atoms with Gasteiger partial charge in [-0.15, -0.1) is 44.1 Å². The molecule has 0 saturated heterocycles. The molecule has 12 rings (SSSR count). The van der Waals surface area contributed by atoms with Crippen LogP contribution in [0.15, 0.2) is 127 Å². The van der Waals surface area contributed by atoms with Crippen LogP contribution in [0.4, 0.5) is 0 Å². The van der Waals surface area contributed by atoms with Crippen molar-refractivity contribution in [3.63, 3.8) is 0 Å². The molecule has 0 atom stereocenters. The molecule has 4 aliphatic heterocycles. The number of methoxy groups -OCH3 is 1. The molecular weight excluding hydrogens is 971 g/mol. The summed E-state index contributed by atoms with van der Waals surface area (Å²) in [6, 6.07) is 41.6. The molecule has 0 aliphatic carbocycles. The summed E-state index contributed by atoms with van der Waals surface area (Å²) in [4.78, 5) is 52.4. The maximum absolute atomic E-state index is 12.4. The maximum Gasteiger partial charge on any atom is 2.00 e. The molecule has 8 aromatic rings. The first-order chi connectivity index (χ1) is 33.1. The van der Waals surface area contributed by atoms with Crippen molar-refractivity contribution in [2.45, 2.75) is 25.7 Å². The van der Waals surface area contributed by atoms with Gasteiger partial charge < -0.3 is 24.7 Å². The van der Waals surface area contributed by atoms with E-state index in [1.165, 1.54) is 7.11 Å². The fraction of sp³-hybridized carbons (Fsp3) is 0.0862. The van der Waals surface area contributed by atoms with Crippen molar-refractivity contribution in [3.8, 4) is 34.1 Å². The van der Waals surface area contributed by atoms with Gasteiger partial charge in [0.15, 0.2) is 0 Å². The third-order valence-corrected chi connectivity index (χ3v) is 12.3. The number of esters is 1. The monoisotopic (exact) mass is 1010 g/mol. The summed E-state index contributed by atoms with van der Waals surface area (Å²) in [5.41, 5.74) is 18.2. The number of fused-ring (bicyclic) bond motifs is 16. The summed E-state index contributed by atoms with van der Waals surface area (Å²) < 4.78 is 5.00. The third kappa shape index (κ3) is 9.10. The van der Waals surface area contributed by atoms with Gasteiger partial charge in [-0.1, -0.05) is 129 Å². The standard InChI is InChI=1S/C58H39N8O2.2Zn/c1-58(2)33-48-31-52-38(26-53(66-52)56(36-10-12-37(13-11-36)57(67)68-3)51-25-22-46(64-51)30-43-18-19-47(61-43)32-54(58)65-48)9-6-34-4-7-35(8-5-34)55-49-23-20-44(62-49)28-41-16-14-39(59-41)27-40-15-17-42(60-40)29-45-21-24-50(55)63-45;;/h4-5,7-8,10-32H,33H2,1-3H3,(H-3,59,60,61,62,63,64,65,66,67);;/q-3;2*+2/p-1. The molecule has 12 heteroatoms. The van der Waals surface area contributed by atoms with Crippen molar-refractivity contribution in [3.05, 3.63) is 190 Å². The van der Waals surface area contributed by atoms with Crippen LogP contribution in [0.2, 0.25) is 0 Å². The number of carbonyl (C=O) groups excluding carboxylic acids is 1. The Balaban J connectivity index is 0.00000284. The van der Waals surface area contributed by atoms with E-state index in [4.69, 9.17) is 44.6 Å². The summed E-state index contributed by atoms with van der Waals surface area (Å²) in [6.45, 7) is 4.40. The van der Waals surface area contributed by atoms with Crippen molar-refractivity contribution in [2.75, 3.05) is 7.11 Å². The van der Waals surface area contributed by atoms with E-state index in [9.17, 15) is 4.79 Å². The van der Waals surface area contributed by atoms with Crippen LogP contribution < -0.4 is 19.9 Å². The first-order valence-electron chi connectivity index (χ1n) is 22.2. The van der Waals surface area contributed by atoms with Gasteiger partial charge in [-0.3, -0.25) is 4.98 Å². The van der Waals surface area contributed by atoms with Gasteiger partial charge in [0.2, 0.25) is 0 Å². The second kappa shape index (κ2) is 18.6. The summed E-state index contributed by atoms with van der Waals surface area (Å²) in [5.74, 6) is 6.52. The topological polar surface area (TPSA) is 134 Å². The van der Waals surface area contributed by atoms with Crippen molar-refractivity contribution in [1.82, 2.24) is 39.9 Å². The van der Waals surface area contributed by atoms with Crippen molar-refractivity contribution < 1.29 is 48.5 Å². The van der Waals surface area contributed by atoms with Crippen LogP contribution in [-0.2, 0) is 55.5 Å². The van der Waals surface area contributed by atoms with Crippen molar-refractivity contribution in [1.29, 1.82) is 0 Å². The van der Waals surface area contributed by atoms with Crippen LogP contribution in [-0.4, -0.2) is 33.0 Å². The minimum Gasteiger partial charge on any atom is -0.658 e. The van der Waals surface area contributed by atoms with Gasteiger partial charge in [-0.05, 0) is 83.0 Å². The quantitative estimate of drug-likeness (QED) is 0.0956. The average molecular weight is 1010 g/mol. The first kappa shape index (κ1) is 45.9. The molecule has 0 saturated carbocycles. The number of hydrogen-bond donors (Lipinski definition) is 0. The van der Waals surface area contributed by atoms with Crippen molar-refractivity contribution >= 4 is 86.6 Å². The Morgan fingerprint density at radius 3 is 1.63 bits per heavy atom. The zero-order chi connectivity index (χ0) is 45.9. The van der Waals surface area contributed by atoms with Gasteiger partial charge in [0.05, 0.1) is 46.8 Å². The molecule has 0 amide bonds. The first-order valence-corrected chi connectivity index (χ1v) is 22.2. The molecule has 16 bridgehead atoms. The molecule has 6 aromatic heterocycles. The molecule has 10 heterocycles. The SMILES string of the molecule is COC(=O)c1ccc(-c2c3nc(cc4ccc(cc5nc(cc6[n-]c2cc6C#Cc2ccc(-c6c7nc(cc8ccc(cc9nc(cc%10ccc6[n-]%10)C=C9)[n-]8)C=C7)cc2)CC5(C)C)[n-]4)C=C3)cc1.[Zn+2].[Zn+2]. The van der Waals surface area contributed by atoms with Gasteiger partial charge >= 0.3 is 44.9 Å². The van der Waals surface area contributed by atoms with Gasteiger partial charge in [-0.2, -0.15) is 0 Å². The normalized spacial score (nSPS) is 13.0. The van der Waals surface area contributed by atoms with E-state index < -0.39 is 5.97 Å². The van der Waals surface area contributed by atoms with Gasteiger partial charge in [0.25, 0.3) is 0 Å². The smallest absolute Gasteiger partial charge is 0.658 e. The fourth-order valence-electron chi connectivity index (χ4n) is 8.94. The Morgan fingerprint density at radius 2 is 1.03 bits per heavy atom. The minimum atomic E-state index is -0.410. The Morgan fingerprint density at radius 1 is 0.514 bits per heavy atom. The summed E-state index contributed by atoms with van der Waals surface area (Å²) >= 11 is 0. The van der Waals surface area contributed by atoms with Crippen LogP contribution in [0.5, 0.6) is 0 Å². The Bertz CT molecular complexity index is 3930. The number of aromatic nitrogens is 8. The largest absolute Gasteiger partial charge is 2.00 e. The molecule has 0 unspecified atom stereocenters. The van der Waals surface area contributed by atoms with Crippen LogP contribution in [0.1, 0.15) is 80.9 Å². The Kier molecular flexibility index (Phi) is 12.2. The van der Waals surface area contributed by atoms with E-state index in [0.29, 0.717) is 16.6 Å². The van der Waals surface area contributed by atoms with Gasteiger partial charge in [-0.25, -0.2) is 19.7 Å². The maximum atomic E-state index is 12.4. The van der Waals surface area contributed by atoms with Crippen LogP contribution in [0, 0.1) is 11.8 Å². The number of ether oxygens (including phenoxy) is 1. The molecule has 0 spiro atoms. The predicted molar refractivity (Wildman–Crippen MR) is 270 cm³/mol. The summed E-state index contributed by atoms with van der Waals surface area (Å²) in [5, 5.41) is 0. The number of nitrogens with zero attached hydrogens (tertiary/aromatic N) is 8. The Hall–Kier alpha value is -7.82. The average Bonchev–Trinajstić information content (AvgIpc) is 4.20. The summed E-state index contributed by atoms with van der Waals surface area (Å²) in [6.07, 6.45) is 12.7. The number of rotatable bonds is 3. The molecule has 4 aliphatic rings. The number of hydrogen-bond acceptors (Lipinski definition) is 6. The zero-order valence-electron chi connectivity index (χ0n) is 38.6. The zero-order valence-corrected chi connectivity index (χ0v) is 44.5. The number of carbonyl (C=O) groups is 1. The molecule has 2 aromatic carbocycles. The minimum absolute atomic E-state index is 0. The van der Waals surface area contributed by atoms with E-state index in [1.807, 2.05) is 134 Å². The molecule has 0 N–H and O–H groups in total. The third-order valence-electron chi connectivity index (χ3n) is 12.3. The van der Waals surface area contributed by atoms with E-state index in [1.54, 1.807) is 12.1 Å². The van der Waals surface area contributed by atoms with E-state index in [0.717, 1.165) is 118 Å². The van der Waals surface area contributed by atoms with E-state index >= 15 is 0 Å². The molecule has 326 valence electrons. The molecule has 70 heavy (non-hydrogen) atoms. The fourth-order valence-corrected chi connectivity index (χ4v) is 8.94. The molecule has 10 nitrogen and oxygen atoms in total. The Labute approximate surface area is 428 Å². The van der Waals surface area contributed by atoms with Crippen LogP contribution in [0.3, 0.4) is 0 Å². The number of benzene rings is 2. The van der Waals surface area contributed by atoms with Crippen LogP contribution >= 0.6 is 0 Å². The summed E-state index contributed by atoms with van der Waals surface area (Å²) in [7, 11) is 1.38. The second-order valence-corrected chi connectivity index (χ2v) is 17.7. The van der Waals surface area contributed by atoms with Crippen LogP contribution in [0.25, 0.3) is 103 Å². The molecule has 0 fully saturated rings.